The van der Waals surface area contributed by atoms with E-state index < -0.39 is 27.0 Å². The predicted octanol–water partition coefficient (Wildman–Crippen LogP) is 0.0434. The van der Waals surface area contributed by atoms with Crippen LogP contribution >= 0.6 is 0 Å². The number of carboxylic acids is 1. The van der Waals surface area contributed by atoms with Gasteiger partial charge in [-0.15, -0.1) is 0 Å². The summed E-state index contributed by atoms with van der Waals surface area (Å²) in [6.45, 7) is 0.482. The lowest BCUT2D eigenvalue weighted by Crippen LogP contribution is -2.45. The molecule has 1 saturated heterocycles. The van der Waals surface area contributed by atoms with E-state index in [9.17, 15) is 23.1 Å². The van der Waals surface area contributed by atoms with Crippen LogP contribution in [0.5, 0.6) is 0 Å². The molecule has 2 rings (SSSR count). The Hall–Kier alpha value is -1.77. The van der Waals surface area contributed by atoms with E-state index in [0.29, 0.717) is 0 Å². The maximum absolute atomic E-state index is 12.3. The van der Waals surface area contributed by atoms with Crippen molar-refractivity contribution >= 4 is 21.1 Å². The highest BCUT2D eigenvalue weighted by Gasteiger charge is 2.41. The molecule has 1 heterocycles. The number of aliphatic carboxylic acids is 1. The molecule has 1 aromatic rings. The number of sulfonamides is 1. The number of carboxylic acid groups (broad SMARTS) is 1. The second-order valence-corrected chi connectivity index (χ2v) is 6.39. The molecule has 1 aliphatic rings. The zero-order valence-electron chi connectivity index (χ0n) is 11.1. The molecule has 0 spiro atoms. The molecule has 1 N–H and O–H groups in total. The third-order valence-electron chi connectivity index (χ3n) is 3.18. The van der Waals surface area contributed by atoms with E-state index >= 15 is 0 Å². The number of hydrogen-bond donors (Lipinski definition) is 1. The quantitative estimate of drug-likeness (QED) is 0.788. The largest absolute Gasteiger partial charge is 0.480 e. The van der Waals surface area contributed by atoms with Crippen molar-refractivity contribution in [1.29, 1.82) is 0 Å². The fourth-order valence-electron chi connectivity index (χ4n) is 2.09. The Morgan fingerprint density at radius 3 is 2.24 bits per heavy atom. The van der Waals surface area contributed by atoms with Crippen LogP contribution in [0.3, 0.4) is 0 Å². The van der Waals surface area contributed by atoms with Crippen molar-refractivity contribution in [3.8, 4) is 0 Å². The lowest BCUT2D eigenvalue weighted by molar-refractivity contribution is -0.141. The molecule has 0 bridgehead atoms. The molecular formula is C13H15NO6S. The summed E-state index contributed by atoms with van der Waals surface area (Å²) in [5, 5.41) is 7.91. The maximum atomic E-state index is 12.3. The number of nitrogens with zero attached hydrogens (tertiary/aromatic N) is 1. The summed E-state index contributed by atoms with van der Waals surface area (Å²) in [5.41, 5.74) is 0.145. The fourth-order valence-corrected chi connectivity index (χ4v) is 3.51. The van der Waals surface area contributed by atoms with Gasteiger partial charge >= 0.3 is 5.97 Å². The molecule has 7 nitrogen and oxygen atoms in total. The van der Waals surface area contributed by atoms with Crippen LogP contribution in [-0.4, -0.2) is 55.2 Å². The summed E-state index contributed by atoms with van der Waals surface area (Å²) in [6, 6.07) is 7.61. The molecule has 1 atom stereocenters. The maximum Gasteiger partial charge on any atom is 0.319 e. The molecular weight excluding hydrogens is 298 g/mol. The third-order valence-corrected chi connectivity index (χ3v) is 4.97. The van der Waals surface area contributed by atoms with Crippen molar-refractivity contribution in [2.75, 3.05) is 26.3 Å². The molecule has 21 heavy (non-hydrogen) atoms. The van der Waals surface area contributed by atoms with E-state index in [1.807, 2.05) is 0 Å². The number of hydrogen-bond acceptors (Lipinski definition) is 5. The second kappa shape index (κ2) is 6.33. The van der Waals surface area contributed by atoms with Crippen molar-refractivity contribution in [2.24, 2.45) is 0 Å². The van der Waals surface area contributed by atoms with Crippen molar-refractivity contribution in [3.63, 3.8) is 0 Å². The molecule has 1 aromatic carbocycles. The van der Waals surface area contributed by atoms with Crippen molar-refractivity contribution < 1.29 is 27.9 Å². The summed E-state index contributed by atoms with van der Waals surface area (Å²) in [4.78, 5) is 23.6. The molecule has 0 aromatic heterocycles. The first-order chi connectivity index (χ1) is 9.94. The lowest BCUT2D eigenvalue weighted by Gasteiger charge is -2.26. The standard InChI is InChI=1S/C13H15NO6S/c15-12(16)11(10-4-2-1-3-5-10)13(17)21(18,19)14-6-8-20-9-7-14/h1-5,11H,6-9H2,(H,15,16). The smallest absolute Gasteiger partial charge is 0.319 e. The van der Waals surface area contributed by atoms with Crippen LogP contribution in [0.15, 0.2) is 30.3 Å². The monoisotopic (exact) mass is 313 g/mol. The van der Waals surface area contributed by atoms with Crippen LogP contribution in [-0.2, 0) is 24.3 Å². The van der Waals surface area contributed by atoms with Gasteiger partial charge < -0.3 is 9.84 Å². The number of benzene rings is 1. The molecule has 0 amide bonds. The van der Waals surface area contributed by atoms with Gasteiger partial charge in [0.05, 0.1) is 13.2 Å². The number of rotatable bonds is 4. The van der Waals surface area contributed by atoms with Crippen LogP contribution < -0.4 is 0 Å². The fraction of sp³-hybridized carbons (Fsp3) is 0.385. The van der Waals surface area contributed by atoms with Crippen LogP contribution in [0.25, 0.3) is 0 Å². The van der Waals surface area contributed by atoms with Crippen LogP contribution in [0.4, 0.5) is 0 Å². The average Bonchev–Trinajstić information content (AvgIpc) is 2.49. The van der Waals surface area contributed by atoms with Gasteiger partial charge in [-0.25, -0.2) is 8.42 Å². The van der Waals surface area contributed by atoms with Crippen LogP contribution in [0.1, 0.15) is 11.5 Å². The summed E-state index contributed by atoms with van der Waals surface area (Å²) in [5.74, 6) is -3.21. The normalized spacial score (nSPS) is 18.1. The van der Waals surface area contributed by atoms with Gasteiger partial charge in [-0.1, -0.05) is 30.3 Å². The first-order valence-electron chi connectivity index (χ1n) is 6.34. The highest BCUT2D eigenvalue weighted by atomic mass is 32.2. The number of carbonyl (C=O) groups excluding carboxylic acids is 1. The molecule has 8 heteroatoms. The van der Waals surface area contributed by atoms with Gasteiger partial charge in [0.2, 0.25) is 0 Å². The average molecular weight is 313 g/mol. The Balaban J connectivity index is 2.32. The minimum Gasteiger partial charge on any atom is -0.480 e. The van der Waals surface area contributed by atoms with E-state index in [1.54, 1.807) is 18.2 Å². The zero-order valence-corrected chi connectivity index (χ0v) is 12.0. The zero-order chi connectivity index (χ0) is 15.5. The lowest BCUT2D eigenvalue weighted by atomic mass is 10.0. The number of carbonyl (C=O) groups is 2. The molecule has 1 aliphatic heterocycles. The van der Waals surface area contributed by atoms with Crippen LogP contribution in [0, 0.1) is 0 Å². The third kappa shape index (κ3) is 3.29. The van der Waals surface area contributed by atoms with Crippen LogP contribution in [0.2, 0.25) is 0 Å². The minimum atomic E-state index is -4.32. The predicted molar refractivity (Wildman–Crippen MR) is 73.1 cm³/mol. The number of morpholine rings is 1. The van der Waals surface area contributed by atoms with Gasteiger partial charge in [0.15, 0.2) is 5.92 Å². The molecule has 0 aliphatic carbocycles. The van der Waals surface area contributed by atoms with Gasteiger partial charge in [-0.2, -0.15) is 4.31 Å². The molecule has 0 radical (unpaired) electrons. The molecule has 1 fully saturated rings. The summed E-state index contributed by atoms with van der Waals surface area (Å²) < 4.78 is 30.5. The highest BCUT2D eigenvalue weighted by molar-refractivity contribution is 8.04. The van der Waals surface area contributed by atoms with Gasteiger partial charge in [-0.05, 0) is 5.56 Å². The SMILES string of the molecule is O=C(O)C(C(=O)S(=O)(=O)N1CCOCC1)c1ccccc1. The first-order valence-corrected chi connectivity index (χ1v) is 7.78. The van der Waals surface area contributed by atoms with Crippen molar-refractivity contribution in [2.45, 2.75) is 5.92 Å². The van der Waals surface area contributed by atoms with Gasteiger partial charge in [-0.3, -0.25) is 9.59 Å². The Kier molecular flexibility index (Phi) is 4.71. The Bertz CT molecular complexity index is 621. The van der Waals surface area contributed by atoms with E-state index in [1.165, 1.54) is 12.1 Å². The Morgan fingerprint density at radius 1 is 1.14 bits per heavy atom. The van der Waals surface area contributed by atoms with Gasteiger partial charge in [0.25, 0.3) is 15.1 Å². The minimum absolute atomic E-state index is 0.0508. The molecule has 0 saturated carbocycles. The molecule has 114 valence electrons. The topological polar surface area (TPSA) is 101 Å². The summed E-state index contributed by atoms with van der Waals surface area (Å²) in [7, 11) is -4.32. The second-order valence-electron chi connectivity index (χ2n) is 4.52. The van der Waals surface area contributed by atoms with Crippen molar-refractivity contribution in [3.05, 3.63) is 35.9 Å². The van der Waals surface area contributed by atoms with Gasteiger partial charge in [0.1, 0.15) is 0 Å². The first kappa shape index (κ1) is 15.6. The Morgan fingerprint density at radius 2 is 1.71 bits per heavy atom. The van der Waals surface area contributed by atoms with E-state index in [0.717, 1.165) is 4.31 Å². The summed E-state index contributed by atoms with van der Waals surface area (Å²) in [6.07, 6.45) is 0. The van der Waals surface area contributed by atoms with Crippen molar-refractivity contribution in [1.82, 2.24) is 4.31 Å². The van der Waals surface area contributed by atoms with E-state index in [-0.39, 0.29) is 31.9 Å². The molecule has 1 unspecified atom stereocenters. The van der Waals surface area contributed by atoms with E-state index in [2.05, 4.69) is 0 Å². The Labute approximate surface area is 122 Å². The van der Waals surface area contributed by atoms with E-state index in [4.69, 9.17) is 4.74 Å². The highest BCUT2D eigenvalue weighted by Crippen LogP contribution is 2.22. The van der Waals surface area contributed by atoms with Gasteiger partial charge in [0, 0.05) is 13.1 Å². The summed E-state index contributed by atoms with van der Waals surface area (Å²) >= 11 is 0. The number of ether oxygens (including phenoxy) is 1.